The number of rotatable bonds is 3. The van der Waals surface area contributed by atoms with Crippen LogP contribution in [-0.2, 0) is 9.59 Å². The van der Waals surface area contributed by atoms with Gasteiger partial charge in [-0.15, -0.1) is 0 Å². The van der Waals surface area contributed by atoms with Gasteiger partial charge in [0.15, 0.2) is 0 Å². The Hall–Kier alpha value is -1.06. The molecule has 2 fully saturated rings. The van der Waals surface area contributed by atoms with Crippen LogP contribution in [0.15, 0.2) is 0 Å². The van der Waals surface area contributed by atoms with Crippen LogP contribution < -0.4 is 5.32 Å². The summed E-state index contributed by atoms with van der Waals surface area (Å²) in [6.07, 6.45) is 5.58. The molecule has 2 amide bonds. The molecule has 1 aliphatic heterocycles. The molecule has 20 heavy (non-hydrogen) atoms. The van der Waals surface area contributed by atoms with Gasteiger partial charge in [0.2, 0.25) is 11.8 Å². The van der Waals surface area contributed by atoms with Crippen LogP contribution in [0.5, 0.6) is 0 Å². The van der Waals surface area contributed by atoms with E-state index in [1.54, 1.807) is 0 Å². The predicted molar refractivity (Wildman–Crippen MR) is 79.1 cm³/mol. The Bertz CT molecular complexity index is 369. The van der Waals surface area contributed by atoms with Crippen LogP contribution in [-0.4, -0.2) is 35.3 Å². The Morgan fingerprint density at radius 3 is 2.65 bits per heavy atom. The van der Waals surface area contributed by atoms with Crippen LogP contribution >= 0.6 is 0 Å². The molecule has 0 aromatic carbocycles. The van der Waals surface area contributed by atoms with Gasteiger partial charge in [-0.2, -0.15) is 0 Å². The minimum Gasteiger partial charge on any atom is -0.344 e. The topological polar surface area (TPSA) is 49.4 Å². The highest BCUT2D eigenvalue weighted by molar-refractivity contribution is 5.90. The third kappa shape index (κ3) is 3.33. The summed E-state index contributed by atoms with van der Waals surface area (Å²) in [4.78, 5) is 26.5. The highest BCUT2D eigenvalue weighted by Gasteiger charge is 2.37. The van der Waals surface area contributed by atoms with Crippen molar-refractivity contribution >= 4 is 11.8 Å². The smallest absolute Gasteiger partial charge is 0.245 e. The molecule has 1 saturated heterocycles. The molecular weight excluding hydrogens is 252 g/mol. The maximum Gasteiger partial charge on any atom is 0.245 e. The number of carbonyl (C=O) groups excluding carboxylic acids is 2. The van der Waals surface area contributed by atoms with E-state index in [0.29, 0.717) is 24.9 Å². The van der Waals surface area contributed by atoms with Crippen LogP contribution in [0.3, 0.4) is 0 Å². The van der Waals surface area contributed by atoms with Gasteiger partial charge in [-0.1, -0.05) is 27.2 Å². The van der Waals surface area contributed by atoms with Crippen LogP contribution in [0, 0.1) is 11.8 Å². The average molecular weight is 280 g/mol. The monoisotopic (exact) mass is 280 g/mol. The third-order valence-corrected chi connectivity index (χ3v) is 4.86. The Kier molecular flexibility index (Phi) is 5.06. The van der Waals surface area contributed by atoms with Crippen molar-refractivity contribution in [3.8, 4) is 0 Å². The zero-order chi connectivity index (χ0) is 14.7. The molecule has 2 rings (SSSR count). The summed E-state index contributed by atoms with van der Waals surface area (Å²) in [5.74, 6) is 1.47. The maximum atomic E-state index is 12.7. The molecule has 1 N–H and O–H groups in total. The molecule has 114 valence electrons. The first-order valence-electron chi connectivity index (χ1n) is 8.12. The van der Waals surface area contributed by atoms with E-state index in [1.165, 1.54) is 12.8 Å². The molecule has 1 aliphatic carbocycles. The van der Waals surface area contributed by atoms with Gasteiger partial charge in [0.1, 0.15) is 6.04 Å². The summed E-state index contributed by atoms with van der Waals surface area (Å²) < 4.78 is 0. The fourth-order valence-electron chi connectivity index (χ4n) is 3.79. The lowest BCUT2D eigenvalue weighted by Crippen LogP contribution is -2.51. The quantitative estimate of drug-likeness (QED) is 0.862. The Morgan fingerprint density at radius 2 is 2.00 bits per heavy atom. The number of hydrogen-bond acceptors (Lipinski definition) is 2. The highest BCUT2D eigenvalue weighted by Crippen LogP contribution is 2.33. The number of hydrogen-bond donors (Lipinski definition) is 1. The second-order valence-corrected chi connectivity index (χ2v) is 6.65. The highest BCUT2D eigenvalue weighted by atomic mass is 16.2. The molecule has 1 saturated carbocycles. The lowest BCUT2D eigenvalue weighted by atomic mass is 9.79. The first-order valence-corrected chi connectivity index (χ1v) is 8.12. The summed E-state index contributed by atoms with van der Waals surface area (Å²) in [6.45, 7) is 7.19. The van der Waals surface area contributed by atoms with E-state index in [-0.39, 0.29) is 17.9 Å². The molecule has 2 aliphatic rings. The van der Waals surface area contributed by atoms with Gasteiger partial charge in [-0.3, -0.25) is 9.59 Å². The van der Waals surface area contributed by atoms with Crippen molar-refractivity contribution in [1.29, 1.82) is 0 Å². The van der Waals surface area contributed by atoms with Gasteiger partial charge in [-0.25, -0.2) is 0 Å². The molecule has 0 spiro atoms. The van der Waals surface area contributed by atoms with Crippen molar-refractivity contribution in [3.63, 3.8) is 0 Å². The van der Waals surface area contributed by atoms with Gasteiger partial charge >= 0.3 is 0 Å². The largest absolute Gasteiger partial charge is 0.344 e. The summed E-state index contributed by atoms with van der Waals surface area (Å²) in [7, 11) is 0. The summed E-state index contributed by atoms with van der Waals surface area (Å²) in [6, 6.07) is 0.0207. The molecule has 0 radical (unpaired) electrons. The summed E-state index contributed by atoms with van der Waals surface area (Å²) >= 11 is 0. The first kappa shape index (κ1) is 15.3. The van der Waals surface area contributed by atoms with Gasteiger partial charge in [-0.05, 0) is 37.5 Å². The second-order valence-electron chi connectivity index (χ2n) is 6.65. The van der Waals surface area contributed by atoms with E-state index < -0.39 is 0 Å². The molecule has 0 aromatic rings. The van der Waals surface area contributed by atoms with E-state index in [2.05, 4.69) is 26.1 Å². The zero-order valence-corrected chi connectivity index (χ0v) is 13.0. The number of amides is 2. The molecule has 4 nitrogen and oxygen atoms in total. The normalized spacial score (nSPS) is 35.6. The van der Waals surface area contributed by atoms with Crippen LogP contribution in [0.25, 0.3) is 0 Å². The van der Waals surface area contributed by atoms with Gasteiger partial charge in [0, 0.05) is 19.0 Å². The molecule has 4 heteroatoms. The number of carbonyl (C=O) groups is 2. The summed E-state index contributed by atoms with van der Waals surface area (Å²) in [5.41, 5.74) is 0. The minimum atomic E-state index is -0.304. The fourth-order valence-corrected chi connectivity index (χ4v) is 3.79. The van der Waals surface area contributed by atoms with Crippen molar-refractivity contribution in [2.75, 3.05) is 6.54 Å². The van der Waals surface area contributed by atoms with Crippen molar-refractivity contribution in [3.05, 3.63) is 0 Å². The van der Waals surface area contributed by atoms with Gasteiger partial charge in [0.05, 0.1) is 0 Å². The van der Waals surface area contributed by atoms with Crippen LogP contribution in [0.4, 0.5) is 0 Å². The van der Waals surface area contributed by atoms with E-state index in [4.69, 9.17) is 0 Å². The SMILES string of the molecule is CCCC1NC(=O)CCN(C2CCC(C)CC2C)C1=O. The molecule has 4 unspecified atom stereocenters. The van der Waals surface area contributed by atoms with Crippen molar-refractivity contribution in [1.82, 2.24) is 10.2 Å². The van der Waals surface area contributed by atoms with Crippen LogP contribution in [0.1, 0.15) is 59.3 Å². The Morgan fingerprint density at radius 1 is 1.25 bits per heavy atom. The van der Waals surface area contributed by atoms with Crippen molar-refractivity contribution < 1.29 is 9.59 Å². The van der Waals surface area contributed by atoms with E-state index in [0.717, 1.165) is 25.2 Å². The van der Waals surface area contributed by atoms with Crippen molar-refractivity contribution in [2.45, 2.75) is 71.4 Å². The molecule has 1 heterocycles. The summed E-state index contributed by atoms with van der Waals surface area (Å²) in [5, 5.41) is 2.89. The Balaban J connectivity index is 2.12. The lowest BCUT2D eigenvalue weighted by molar-refractivity contribution is -0.137. The predicted octanol–water partition coefficient (Wildman–Crippen LogP) is 2.33. The maximum absolute atomic E-state index is 12.7. The van der Waals surface area contributed by atoms with E-state index in [9.17, 15) is 9.59 Å². The second kappa shape index (κ2) is 6.59. The van der Waals surface area contributed by atoms with Gasteiger partial charge in [0.25, 0.3) is 0 Å². The molecule has 4 atom stereocenters. The van der Waals surface area contributed by atoms with Crippen molar-refractivity contribution in [2.24, 2.45) is 11.8 Å². The molecule has 0 aromatic heterocycles. The Labute approximate surface area is 122 Å². The van der Waals surface area contributed by atoms with E-state index >= 15 is 0 Å². The average Bonchev–Trinajstić information content (AvgIpc) is 2.52. The van der Waals surface area contributed by atoms with Gasteiger partial charge < -0.3 is 10.2 Å². The number of nitrogens with zero attached hydrogens (tertiary/aromatic N) is 1. The molecular formula is C16H28N2O2. The van der Waals surface area contributed by atoms with E-state index in [1.807, 2.05) is 4.90 Å². The lowest BCUT2D eigenvalue weighted by Gasteiger charge is -2.40. The standard InChI is InChI=1S/C16H28N2O2/c1-4-5-13-16(20)18(9-8-15(19)17-13)14-7-6-11(2)10-12(14)3/h11-14H,4-10H2,1-3H3,(H,17,19). The minimum absolute atomic E-state index is 0.0242. The zero-order valence-electron chi connectivity index (χ0n) is 13.0. The molecule has 0 bridgehead atoms. The third-order valence-electron chi connectivity index (χ3n) is 4.86. The number of nitrogens with one attached hydrogen (secondary N) is 1. The first-order chi connectivity index (χ1) is 9.52. The van der Waals surface area contributed by atoms with Crippen LogP contribution in [0.2, 0.25) is 0 Å². The fraction of sp³-hybridized carbons (Fsp3) is 0.875.